The molecule has 1 fully saturated rings. The molecule has 0 bridgehead atoms. The number of rotatable bonds is 7. The van der Waals surface area contributed by atoms with Gasteiger partial charge in [0.2, 0.25) is 5.91 Å². The number of H-pyrrole nitrogens is 1. The normalized spacial score (nSPS) is 15.8. The van der Waals surface area contributed by atoms with Gasteiger partial charge in [0.15, 0.2) is 0 Å². The average Bonchev–Trinajstić information content (AvgIpc) is 3.60. The number of hydrogen-bond acceptors (Lipinski definition) is 5. The molecule has 1 aliphatic rings. The summed E-state index contributed by atoms with van der Waals surface area (Å²) in [5, 5.41) is 2.91. The highest BCUT2D eigenvalue weighted by Gasteiger charge is 2.44. The summed E-state index contributed by atoms with van der Waals surface area (Å²) in [5.74, 6) is -0.319. The van der Waals surface area contributed by atoms with Crippen molar-refractivity contribution < 1.29 is 19.1 Å². The van der Waals surface area contributed by atoms with Gasteiger partial charge in [-0.2, -0.15) is 0 Å². The molecule has 2 aromatic heterocycles. The minimum absolute atomic E-state index is 0.0458. The third kappa shape index (κ3) is 3.97. The molecular formula is C26H23N3O4S. The van der Waals surface area contributed by atoms with E-state index in [1.165, 1.54) is 16.2 Å². The fraction of sp³-hybridized carbons (Fsp3) is 0.192. The number of fused-ring (bicyclic) bond motifs is 1. The number of methoxy groups -OCH3 is 1. The van der Waals surface area contributed by atoms with Crippen LogP contribution in [0.1, 0.15) is 21.7 Å². The fourth-order valence-corrected chi connectivity index (χ4v) is 5.06. The van der Waals surface area contributed by atoms with Gasteiger partial charge in [0.05, 0.1) is 24.1 Å². The van der Waals surface area contributed by atoms with Crippen molar-refractivity contribution >= 4 is 45.6 Å². The van der Waals surface area contributed by atoms with Crippen LogP contribution < -0.4 is 9.64 Å². The van der Waals surface area contributed by atoms with Gasteiger partial charge in [-0.25, -0.2) is 4.90 Å². The number of ether oxygens (including phenoxy) is 1. The van der Waals surface area contributed by atoms with Gasteiger partial charge in [0, 0.05) is 23.6 Å². The van der Waals surface area contributed by atoms with Crippen LogP contribution in [-0.4, -0.2) is 47.3 Å². The Bertz CT molecular complexity index is 1340. The molecule has 7 nitrogen and oxygen atoms in total. The molecule has 172 valence electrons. The standard InChI is InChI=1S/C26H23N3O4S/c1-33-19-10-8-18(9-11-19)29-24(30)15-22(25(29)31)28(26(32)23-7-4-14-34-23)13-12-17-16-27-21-6-3-2-5-20(17)21/h2-11,14,16,22,27H,12-13,15H2,1H3. The monoisotopic (exact) mass is 473 g/mol. The lowest BCUT2D eigenvalue weighted by atomic mass is 10.1. The summed E-state index contributed by atoms with van der Waals surface area (Å²) < 4.78 is 5.17. The lowest BCUT2D eigenvalue weighted by molar-refractivity contribution is -0.122. The minimum Gasteiger partial charge on any atom is -0.497 e. The number of imide groups is 1. The zero-order valence-corrected chi connectivity index (χ0v) is 19.4. The maximum absolute atomic E-state index is 13.4. The second kappa shape index (κ2) is 9.15. The first-order chi connectivity index (χ1) is 16.6. The predicted molar refractivity (Wildman–Crippen MR) is 131 cm³/mol. The molecule has 1 saturated heterocycles. The largest absolute Gasteiger partial charge is 0.497 e. The number of hydrogen-bond donors (Lipinski definition) is 1. The number of aromatic amines is 1. The van der Waals surface area contributed by atoms with Crippen LogP contribution in [0.4, 0.5) is 5.69 Å². The third-order valence-corrected chi connectivity index (χ3v) is 6.98. The van der Waals surface area contributed by atoms with E-state index in [0.29, 0.717) is 29.3 Å². The molecule has 34 heavy (non-hydrogen) atoms. The van der Waals surface area contributed by atoms with Gasteiger partial charge >= 0.3 is 0 Å². The molecule has 0 radical (unpaired) electrons. The molecule has 8 heteroatoms. The van der Waals surface area contributed by atoms with E-state index in [9.17, 15) is 14.4 Å². The number of aromatic nitrogens is 1. The van der Waals surface area contributed by atoms with Crippen molar-refractivity contribution in [2.45, 2.75) is 18.9 Å². The van der Waals surface area contributed by atoms with Crippen molar-refractivity contribution in [3.05, 3.63) is 82.7 Å². The number of para-hydroxylation sites is 1. The Morgan fingerprint density at radius 2 is 1.91 bits per heavy atom. The van der Waals surface area contributed by atoms with E-state index in [1.54, 1.807) is 48.4 Å². The number of carbonyl (C=O) groups excluding carboxylic acids is 3. The number of benzene rings is 2. The SMILES string of the molecule is COc1ccc(N2C(=O)CC(N(CCc3c[nH]c4ccccc34)C(=O)c3cccs3)C2=O)cc1. The number of nitrogens with one attached hydrogen (secondary N) is 1. The summed E-state index contributed by atoms with van der Waals surface area (Å²) in [6.07, 6.45) is 2.45. The third-order valence-electron chi connectivity index (χ3n) is 6.12. The van der Waals surface area contributed by atoms with Crippen molar-refractivity contribution in [1.29, 1.82) is 0 Å². The zero-order chi connectivity index (χ0) is 23.7. The Morgan fingerprint density at radius 3 is 2.65 bits per heavy atom. The van der Waals surface area contributed by atoms with Gasteiger partial charge in [-0.15, -0.1) is 11.3 Å². The first-order valence-corrected chi connectivity index (χ1v) is 11.8. The number of anilines is 1. The van der Waals surface area contributed by atoms with E-state index < -0.39 is 6.04 Å². The second-order valence-electron chi connectivity index (χ2n) is 8.07. The zero-order valence-electron chi connectivity index (χ0n) is 18.6. The van der Waals surface area contributed by atoms with Gasteiger partial charge in [0.25, 0.3) is 11.8 Å². The quantitative estimate of drug-likeness (QED) is 0.407. The summed E-state index contributed by atoms with van der Waals surface area (Å²) >= 11 is 1.33. The smallest absolute Gasteiger partial charge is 0.264 e. The topological polar surface area (TPSA) is 82.7 Å². The molecule has 4 aromatic rings. The minimum atomic E-state index is -0.852. The first-order valence-electron chi connectivity index (χ1n) is 11.0. The van der Waals surface area contributed by atoms with Crippen molar-refractivity contribution in [1.82, 2.24) is 9.88 Å². The summed E-state index contributed by atoms with van der Waals surface area (Å²) in [5.41, 5.74) is 2.55. The van der Waals surface area contributed by atoms with Gasteiger partial charge in [0.1, 0.15) is 11.8 Å². The molecule has 1 unspecified atom stereocenters. The molecule has 2 aromatic carbocycles. The maximum atomic E-state index is 13.4. The lowest BCUT2D eigenvalue weighted by Crippen LogP contribution is -2.46. The molecule has 3 amide bonds. The van der Waals surface area contributed by atoms with Crippen LogP contribution >= 0.6 is 11.3 Å². The lowest BCUT2D eigenvalue weighted by Gasteiger charge is -2.27. The van der Waals surface area contributed by atoms with E-state index >= 15 is 0 Å². The predicted octanol–water partition coefficient (Wildman–Crippen LogP) is 4.26. The molecule has 1 N–H and O–H groups in total. The average molecular weight is 474 g/mol. The van der Waals surface area contributed by atoms with Crippen LogP contribution in [0.15, 0.2) is 72.2 Å². The van der Waals surface area contributed by atoms with Crippen LogP contribution in [-0.2, 0) is 16.0 Å². The fourth-order valence-electron chi connectivity index (χ4n) is 4.38. The van der Waals surface area contributed by atoms with Crippen LogP contribution in [0.25, 0.3) is 10.9 Å². The van der Waals surface area contributed by atoms with Crippen molar-refractivity contribution in [2.24, 2.45) is 0 Å². The van der Waals surface area contributed by atoms with Crippen LogP contribution in [0.3, 0.4) is 0 Å². The summed E-state index contributed by atoms with van der Waals surface area (Å²) in [4.78, 5) is 46.3. The molecule has 3 heterocycles. The van der Waals surface area contributed by atoms with Gasteiger partial charge in [-0.05, 0) is 53.8 Å². The van der Waals surface area contributed by atoms with Crippen molar-refractivity contribution in [3.63, 3.8) is 0 Å². The Morgan fingerprint density at radius 1 is 1.12 bits per heavy atom. The van der Waals surface area contributed by atoms with Gasteiger partial charge < -0.3 is 14.6 Å². The van der Waals surface area contributed by atoms with Gasteiger partial charge in [-0.1, -0.05) is 24.3 Å². The number of nitrogens with zero attached hydrogens (tertiary/aromatic N) is 2. The Kier molecular flexibility index (Phi) is 5.90. The van der Waals surface area contributed by atoms with Crippen LogP contribution in [0.5, 0.6) is 5.75 Å². The van der Waals surface area contributed by atoms with Crippen LogP contribution in [0.2, 0.25) is 0 Å². The Balaban J connectivity index is 1.43. The molecular weight excluding hydrogens is 450 g/mol. The van der Waals surface area contributed by atoms with Crippen molar-refractivity contribution in [2.75, 3.05) is 18.6 Å². The molecule has 1 atom stereocenters. The molecule has 5 rings (SSSR count). The summed E-state index contributed by atoms with van der Waals surface area (Å²) in [6.45, 7) is 0.318. The molecule has 0 aliphatic carbocycles. The maximum Gasteiger partial charge on any atom is 0.264 e. The van der Waals surface area contributed by atoms with E-state index in [4.69, 9.17) is 4.74 Å². The highest BCUT2D eigenvalue weighted by atomic mass is 32.1. The highest BCUT2D eigenvalue weighted by molar-refractivity contribution is 7.12. The number of amides is 3. The van der Waals surface area contributed by atoms with E-state index in [2.05, 4.69) is 4.98 Å². The van der Waals surface area contributed by atoms with Crippen molar-refractivity contribution in [3.8, 4) is 5.75 Å². The van der Waals surface area contributed by atoms with E-state index in [0.717, 1.165) is 16.5 Å². The summed E-state index contributed by atoms with van der Waals surface area (Å²) in [7, 11) is 1.55. The molecule has 1 aliphatic heterocycles. The highest BCUT2D eigenvalue weighted by Crippen LogP contribution is 2.29. The summed E-state index contributed by atoms with van der Waals surface area (Å²) in [6, 6.07) is 17.4. The Labute approximate surface area is 200 Å². The van der Waals surface area contributed by atoms with E-state index in [1.807, 2.05) is 35.8 Å². The van der Waals surface area contributed by atoms with E-state index in [-0.39, 0.29) is 24.1 Å². The second-order valence-corrected chi connectivity index (χ2v) is 9.02. The first kappa shape index (κ1) is 21.9. The van der Waals surface area contributed by atoms with Gasteiger partial charge in [-0.3, -0.25) is 14.4 Å². The number of thiophene rings is 1. The van der Waals surface area contributed by atoms with Crippen LogP contribution in [0, 0.1) is 0 Å². The molecule has 0 saturated carbocycles. The molecule has 0 spiro atoms. The Hall–Kier alpha value is -3.91. The number of carbonyl (C=O) groups is 3.